The fourth-order valence-corrected chi connectivity index (χ4v) is 3.50. The first-order valence-corrected chi connectivity index (χ1v) is 7.10. The lowest BCUT2D eigenvalue weighted by atomic mass is 10.0. The smallest absolute Gasteiger partial charge is 0.274 e. The van der Waals surface area contributed by atoms with Crippen molar-refractivity contribution in [3.63, 3.8) is 0 Å². The summed E-state index contributed by atoms with van der Waals surface area (Å²) >= 11 is 0. The summed E-state index contributed by atoms with van der Waals surface area (Å²) in [7, 11) is 0. The van der Waals surface area contributed by atoms with Gasteiger partial charge < -0.3 is 15.1 Å². The molecule has 3 atom stereocenters. The Balaban J connectivity index is 1.61. The zero-order valence-corrected chi connectivity index (χ0v) is 11.3. The number of nitrogens with one attached hydrogen (secondary N) is 2. The van der Waals surface area contributed by atoms with E-state index in [-0.39, 0.29) is 11.9 Å². The molecule has 2 aliphatic rings. The number of furan rings is 1. The van der Waals surface area contributed by atoms with E-state index in [2.05, 4.69) is 15.6 Å². The minimum absolute atomic E-state index is 0.123. The van der Waals surface area contributed by atoms with Crippen molar-refractivity contribution in [3.8, 4) is 0 Å². The molecule has 3 heterocycles. The maximum atomic E-state index is 12.4. The van der Waals surface area contributed by atoms with Crippen LogP contribution in [0.1, 0.15) is 29.1 Å². The average molecular weight is 271 g/mol. The van der Waals surface area contributed by atoms with Crippen molar-refractivity contribution in [3.05, 3.63) is 29.8 Å². The molecule has 2 N–H and O–H groups in total. The Bertz CT molecular complexity index is 679. The topological polar surface area (TPSA) is 67.2 Å². The van der Waals surface area contributed by atoms with Gasteiger partial charge in [0.2, 0.25) is 0 Å². The van der Waals surface area contributed by atoms with Gasteiger partial charge in [0.1, 0.15) is 5.76 Å². The summed E-state index contributed by atoms with van der Waals surface area (Å²) in [4.78, 5) is 16.6. The van der Waals surface area contributed by atoms with E-state index < -0.39 is 0 Å². The molecule has 1 aliphatic carbocycles. The molecule has 4 rings (SSSR count). The highest BCUT2D eigenvalue weighted by molar-refractivity contribution is 6.03. The van der Waals surface area contributed by atoms with Gasteiger partial charge in [0.15, 0.2) is 11.3 Å². The number of aromatic nitrogens is 1. The maximum absolute atomic E-state index is 12.4. The predicted molar refractivity (Wildman–Crippen MR) is 74.5 cm³/mol. The number of fused-ring (bicyclic) bond motifs is 3. The number of hydrogen-bond acceptors (Lipinski definition) is 4. The summed E-state index contributed by atoms with van der Waals surface area (Å²) in [6.45, 7) is 2.89. The van der Waals surface area contributed by atoms with Gasteiger partial charge in [0.05, 0.1) is 0 Å². The van der Waals surface area contributed by atoms with Gasteiger partial charge in [-0.15, -0.1) is 0 Å². The van der Waals surface area contributed by atoms with E-state index in [1.165, 1.54) is 6.42 Å². The Morgan fingerprint density at radius 1 is 1.50 bits per heavy atom. The third kappa shape index (κ3) is 1.81. The summed E-state index contributed by atoms with van der Waals surface area (Å²) < 4.78 is 5.61. The van der Waals surface area contributed by atoms with Gasteiger partial charge in [-0.2, -0.15) is 0 Å². The lowest BCUT2D eigenvalue weighted by Crippen LogP contribution is -2.44. The molecule has 2 aromatic heterocycles. The van der Waals surface area contributed by atoms with Gasteiger partial charge in [0.25, 0.3) is 5.91 Å². The van der Waals surface area contributed by atoms with Crippen LogP contribution in [0.25, 0.3) is 11.0 Å². The molecular weight excluding hydrogens is 254 g/mol. The largest absolute Gasteiger partial charge is 0.459 e. The summed E-state index contributed by atoms with van der Waals surface area (Å²) in [6, 6.07) is 4.63. The molecule has 104 valence electrons. The fourth-order valence-electron chi connectivity index (χ4n) is 3.50. The summed E-state index contributed by atoms with van der Waals surface area (Å²) in [6.07, 6.45) is 3.85. The molecule has 1 amide bonds. The van der Waals surface area contributed by atoms with Gasteiger partial charge in [0, 0.05) is 30.2 Å². The standard InChI is InChI=1S/C15H17N3O2/c1-8-4-9-2-3-16-13(14(9)20-8)15(19)18-12-6-11-5-10(12)7-17-11/h2-4,10-12,17H,5-7H2,1H3,(H,18,19). The Morgan fingerprint density at radius 3 is 3.15 bits per heavy atom. The van der Waals surface area contributed by atoms with Gasteiger partial charge in [-0.3, -0.25) is 4.79 Å². The molecule has 1 aliphatic heterocycles. The average Bonchev–Trinajstić information content (AvgIpc) is 3.10. The van der Waals surface area contributed by atoms with Crippen LogP contribution in [0.4, 0.5) is 0 Å². The molecule has 1 saturated heterocycles. The van der Waals surface area contributed by atoms with Crippen LogP contribution >= 0.6 is 0 Å². The monoisotopic (exact) mass is 271 g/mol. The van der Waals surface area contributed by atoms with Gasteiger partial charge in [-0.1, -0.05) is 0 Å². The molecule has 2 aromatic rings. The van der Waals surface area contributed by atoms with E-state index in [0.29, 0.717) is 23.2 Å². The van der Waals surface area contributed by atoms with Gasteiger partial charge >= 0.3 is 0 Å². The maximum Gasteiger partial charge on any atom is 0.274 e. The van der Waals surface area contributed by atoms with Crippen molar-refractivity contribution in [1.82, 2.24) is 15.6 Å². The molecule has 2 fully saturated rings. The second-order valence-electron chi connectivity index (χ2n) is 5.85. The SMILES string of the molecule is Cc1cc2ccnc(C(=O)NC3CC4CC3CN4)c2o1. The highest BCUT2D eigenvalue weighted by Crippen LogP contribution is 2.31. The summed E-state index contributed by atoms with van der Waals surface area (Å²) in [5.41, 5.74) is 0.982. The van der Waals surface area contributed by atoms with E-state index in [4.69, 9.17) is 4.42 Å². The second-order valence-corrected chi connectivity index (χ2v) is 5.85. The Morgan fingerprint density at radius 2 is 2.40 bits per heavy atom. The van der Waals surface area contributed by atoms with Crippen LogP contribution in [0.15, 0.2) is 22.7 Å². The molecule has 0 radical (unpaired) electrons. The summed E-state index contributed by atoms with van der Waals surface area (Å²) in [5.74, 6) is 1.23. The first-order valence-electron chi connectivity index (χ1n) is 7.10. The zero-order valence-electron chi connectivity index (χ0n) is 11.3. The number of hydrogen-bond donors (Lipinski definition) is 2. The van der Waals surface area contributed by atoms with E-state index >= 15 is 0 Å². The second kappa shape index (κ2) is 4.31. The van der Waals surface area contributed by atoms with E-state index in [9.17, 15) is 4.79 Å². The van der Waals surface area contributed by atoms with Crippen LogP contribution in [0.3, 0.4) is 0 Å². The molecular formula is C15H17N3O2. The number of aryl methyl sites for hydroxylation is 1. The molecule has 0 aromatic carbocycles. The van der Waals surface area contributed by atoms with Crippen LogP contribution in [0.2, 0.25) is 0 Å². The van der Waals surface area contributed by atoms with Crippen LogP contribution in [-0.4, -0.2) is 29.5 Å². The predicted octanol–water partition coefficient (Wildman–Crippen LogP) is 1.62. The number of carbonyl (C=O) groups excluding carboxylic acids is 1. The van der Waals surface area contributed by atoms with Crippen molar-refractivity contribution in [1.29, 1.82) is 0 Å². The lowest BCUT2D eigenvalue weighted by molar-refractivity contribution is 0.0920. The Hall–Kier alpha value is -1.88. The van der Waals surface area contributed by atoms with Gasteiger partial charge in [-0.05, 0) is 37.8 Å². The number of carbonyl (C=O) groups is 1. The van der Waals surface area contributed by atoms with Gasteiger partial charge in [-0.25, -0.2) is 4.98 Å². The van der Waals surface area contributed by atoms with Crippen LogP contribution in [0.5, 0.6) is 0 Å². The molecule has 5 nitrogen and oxygen atoms in total. The van der Waals surface area contributed by atoms with E-state index in [0.717, 1.165) is 24.1 Å². The highest BCUT2D eigenvalue weighted by Gasteiger charge is 2.40. The number of piperidine rings is 1. The Labute approximate surface area is 116 Å². The van der Waals surface area contributed by atoms with Crippen LogP contribution < -0.4 is 10.6 Å². The number of rotatable bonds is 2. The fraction of sp³-hybridized carbons (Fsp3) is 0.467. The zero-order chi connectivity index (χ0) is 13.7. The summed E-state index contributed by atoms with van der Waals surface area (Å²) in [5, 5.41) is 7.50. The number of amides is 1. The molecule has 5 heteroatoms. The van der Waals surface area contributed by atoms with Crippen molar-refractivity contribution < 1.29 is 9.21 Å². The number of nitrogens with zero attached hydrogens (tertiary/aromatic N) is 1. The minimum Gasteiger partial charge on any atom is -0.459 e. The third-order valence-corrected chi connectivity index (χ3v) is 4.45. The molecule has 2 bridgehead atoms. The quantitative estimate of drug-likeness (QED) is 0.871. The first kappa shape index (κ1) is 11.9. The number of pyridine rings is 1. The molecule has 1 saturated carbocycles. The minimum atomic E-state index is -0.123. The lowest BCUT2D eigenvalue weighted by Gasteiger charge is -2.23. The Kier molecular flexibility index (Phi) is 2.57. The molecule has 3 unspecified atom stereocenters. The van der Waals surface area contributed by atoms with Crippen LogP contribution in [0, 0.1) is 12.8 Å². The molecule has 0 spiro atoms. The van der Waals surface area contributed by atoms with E-state index in [1.807, 2.05) is 19.1 Å². The normalized spacial score (nSPS) is 28.1. The highest BCUT2D eigenvalue weighted by atomic mass is 16.3. The van der Waals surface area contributed by atoms with E-state index in [1.54, 1.807) is 6.20 Å². The van der Waals surface area contributed by atoms with Crippen molar-refractivity contribution in [2.75, 3.05) is 6.54 Å². The first-order chi connectivity index (χ1) is 9.70. The molecule has 20 heavy (non-hydrogen) atoms. The van der Waals surface area contributed by atoms with Crippen molar-refractivity contribution in [2.45, 2.75) is 31.8 Å². The van der Waals surface area contributed by atoms with Crippen LogP contribution in [-0.2, 0) is 0 Å². The van der Waals surface area contributed by atoms with Crippen molar-refractivity contribution in [2.24, 2.45) is 5.92 Å². The van der Waals surface area contributed by atoms with Crippen molar-refractivity contribution >= 4 is 16.9 Å². The third-order valence-electron chi connectivity index (χ3n) is 4.45.